The molecule has 0 aliphatic heterocycles. The quantitative estimate of drug-likeness (QED) is 0.157. The average molecular weight is 450 g/mol. The van der Waals surface area contributed by atoms with Gasteiger partial charge in [0.2, 0.25) is 0 Å². The molecule has 0 unspecified atom stereocenters. The fourth-order valence-corrected chi connectivity index (χ4v) is 20.3. The molecule has 0 heterocycles. The van der Waals surface area contributed by atoms with Crippen LogP contribution in [0.1, 0.15) is 84.6 Å². The van der Waals surface area contributed by atoms with Gasteiger partial charge in [-0.1, -0.05) is 0 Å². The van der Waals surface area contributed by atoms with Crippen molar-refractivity contribution >= 4 is 22.1 Å². The Hall–Kier alpha value is -0.311. The summed E-state index contributed by atoms with van der Waals surface area (Å²) in [4.78, 5) is 5.32. The maximum atomic E-state index is 5.32. The molecule has 25 heavy (non-hydrogen) atoms. The third-order valence-corrected chi connectivity index (χ3v) is 20.7. The molecule has 1 rings (SSSR count). The van der Waals surface area contributed by atoms with Crippen LogP contribution in [0.3, 0.4) is 0 Å². The zero-order chi connectivity index (χ0) is 18.4. The molecule has 1 aromatic rings. The second-order valence-electron chi connectivity index (χ2n) is 7.54. The Morgan fingerprint density at radius 1 is 0.720 bits per heavy atom. The van der Waals surface area contributed by atoms with Gasteiger partial charge in [0.15, 0.2) is 0 Å². The van der Waals surface area contributed by atoms with Gasteiger partial charge in [-0.05, 0) is 0 Å². The molecule has 0 aliphatic rings. The standard InChI is InChI=1S/C11H14N.3C4H9.Sn/c1-2-3-9-12-10-11-7-5-4-6-8-11;3*1-3-4-2;/h4-8H,2-3,9H2,1H3;3*1,3-4H2,2H3;. The Kier molecular flexibility index (Phi) is 12.6. The summed E-state index contributed by atoms with van der Waals surface area (Å²) in [6.45, 7) is 10.4. The number of hydrogen-bond donors (Lipinski definition) is 0. The number of benzene rings is 1. The van der Waals surface area contributed by atoms with Gasteiger partial charge in [0.25, 0.3) is 0 Å². The molecule has 0 amide bonds. The first-order valence-corrected chi connectivity index (χ1v) is 18.3. The van der Waals surface area contributed by atoms with Gasteiger partial charge >= 0.3 is 162 Å². The minimum absolute atomic E-state index is 1.03. The van der Waals surface area contributed by atoms with Crippen molar-refractivity contribution in [1.29, 1.82) is 0 Å². The third-order valence-electron chi connectivity index (χ3n) is 5.36. The van der Waals surface area contributed by atoms with Crippen molar-refractivity contribution in [3.8, 4) is 0 Å². The van der Waals surface area contributed by atoms with Crippen LogP contribution in [-0.4, -0.2) is 28.6 Å². The van der Waals surface area contributed by atoms with Crippen LogP contribution in [0.15, 0.2) is 35.3 Å². The second-order valence-corrected chi connectivity index (χ2v) is 20.5. The molecular formula is C23H41NSn. The van der Waals surface area contributed by atoms with E-state index in [1.165, 1.54) is 70.2 Å². The minimum atomic E-state index is -2.45. The van der Waals surface area contributed by atoms with Gasteiger partial charge in [-0.25, -0.2) is 0 Å². The molecule has 0 saturated carbocycles. The van der Waals surface area contributed by atoms with Crippen LogP contribution in [0.25, 0.3) is 0 Å². The molecule has 0 N–H and O–H groups in total. The van der Waals surface area contributed by atoms with Gasteiger partial charge in [0.05, 0.1) is 0 Å². The topological polar surface area (TPSA) is 12.4 Å². The summed E-state index contributed by atoms with van der Waals surface area (Å²) in [5.74, 6) is 0. The normalized spacial score (nSPS) is 12.6. The predicted molar refractivity (Wildman–Crippen MR) is 118 cm³/mol. The predicted octanol–water partition coefficient (Wildman–Crippen LogP) is 7.66. The van der Waals surface area contributed by atoms with Crippen LogP contribution >= 0.6 is 0 Å². The maximum absolute atomic E-state index is 5.32. The van der Waals surface area contributed by atoms with Gasteiger partial charge in [-0.15, -0.1) is 0 Å². The molecule has 0 spiro atoms. The van der Waals surface area contributed by atoms with Crippen molar-refractivity contribution in [2.24, 2.45) is 4.99 Å². The fraction of sp³-hybridized carbons (Fsp3) is 0.696. The third kappa shape index (κ3) is 7.84. The van der Waals surface area contributed by atoms with Gasteiger partial charge in [-0.2, -0.15) is 0 Å². The van der Waals surface area contributed by atoms with E-state index < -0.39 is 18.4 Å². The molecule has 0 aliphatic carbocycles. The summed E-state index contributed by atoms with van der Waals surface area (Å²) in [5.41, 5.74) is 1.46. The first kappa shape index (κ1) is 22.7. The molecule has 142 valence electrons. The van der Waals surface area contributed by atoms with E-state index in [4.69, 9.17) is 4.99 Å². The molecule has 1 aromatic carbocycles. The first-order valence-electron chi connectivity index (χ1n) is 10.8. The molecular weight excluding hydrogens is 409 g/mol. The van der Waals surface area contributed by atoms with Gasteiger partial charge < -0.3 is 0 Å². The van der Waals surface area contributed by atoms with Gasteiger partial charge in [0.1, 0.15) is 0 Å². The van der Waals surface area contributed by atoms with E-state index >= 15 is 0 Å². The molecule has 0 saturated heterocycles. The second kappa shape index (κ2) is 13.8. The average Bonchev–Trinajstić information content (AvgIpc) is 2.66. The van der Waals surface area contributed by atoms with E-state index in [0.29, 0.717) is 0 Å². The van der Waals surface area contributed by atoms with E-state index in [0.717, 1.165) is 6.54 Å². The van der Waals surface area contributed by atoms with Crippen molar-refractivity contribution < 1.29 is 0 Å². The number of unbranched alkanes of at least 4 members (excludes halogenated alkanes) is 4. The van der Waals surface area contributed by atoms with E-state index in [1.807, 2.05) is 0 Å². The fourth-order valence-electron chi connectivity index (χ4n) is 3.79. The Balaban J connectivity index is 3.28. The Bertz CT molecular complexity index is 444. The monoisotopic (exact) mass is 451 g/mol. The van der Waals surface area contributed by atoms with Crippen LogP contribution in [0, 0.1) is 0 Å². The van der Waals surface area contributed by atoms with E-state index in [1.54, 1.807) is 3.73 Å². The molecule has 0 fully saturated rings. The number of aliphatic imine (C=N–C) groups is 1. The van der Waals surface area contributed by atoms with Crippen molar-refractivity contribution in [3.05, 3.63) is 35.9 Å². The summed E-state index contributed by atoms with van der Waals surface area (Å²) < 4.78 is 6.14. The first-order chi connectivity index (χ1) is 12.2. The van der Waals surface area contributed by atoms with E-state index in [2.05, 4.69) is 58.0 Å². The molecule has 0 atom stereocenters. The molecule has 0 radical (unpaired) electrons. The van der Waals surface area contributed by atoms with Gasteiger partial charge in [-0.3, -0.25) is 0 Å². The molecule has 2 heteroatoms. The van der Waals surface area contributed by atoms with Crippen LogP contribution in [0.2, 0.25) is 13.3 Å². The Morgan fingerprint density at radius 3 is 1.64 bits per heavy atom. The Morgan fingerprint density at radius 2 is 1.20 bits per heavy atom. The number of hydrogen-bond acceptors (Lipinski definition) is 1. The SMILES string of the molecule is CCCCN=[C](c1ccccc1)[Sn]([CH2]CCC)([CH2]CCC)[CH2]CCC. The number of rotatable bonds is 14. The van der Waals surface area contributed by atoms with Crippen molar-refractivity contribution in [3.63, 3.8) is 0 Å². The van der Waals surface area contributed by atoms with Crippen molar-refractivity contribution in [2.75, 3.05) is 6.54 Å². The van der Waals surface area contributed by atoms with Crippen LogP contribution in [0.5, 0.6) is 0 Å². The van der Waals surface area contributed by atoms with Crippen LogP contribution < -0.4 is 0 Å². The molecule has 0 bridgehead atoms. The van der Waals surface area contributed by atoms with E-state index in [9.17, 15) is 0 Å². The van der Waals surface area contributed by atoms with Crippen LogP contribution in [0.4, 0.5) is 0 Å². The summed E-state index contributed by atoms with van der Waals surface area (Å²) in [6, 6.07) is 11.2. The van der Waals surface area contributed by atoms with Gasteiger partial charge in [0, 0.05) is 0 Å². The summed E-state index contributed by atoms with van der Waals surface area (Å²) >= 11 is -2.45. The Labute approximate surface area is 161 Å². The molecule has 1 nitrogen and oxygen atoms in total. The summed E-state index contributed by atoms with van der Waals surface area (Å²) in [5, 5.41) is 0. The van der Waals surface area contributed by atoms with Crippen LogP contribution in [-0.2, 0) is 0 Å². The summed E-state index contributed by atoms with van der Waals surface area (Å²) in [6.07, 6.45) is 10.7. The van der Waals surface area contributed by atoms with Crippen molar-refractivity contribution in [2.45, 2.75) is 92.4 Å². The zero-order valence-corrected chi connectivity index (χ0v) is 20.2. The van der Waals surface area contributed by atoms with E-state index in [-0.39, 0.29) is 0 Å². The van der Waals surface area contributed by atoms with Crippen molar-refractivity contribution in [1.82, 2.24) is 0 Å². The zero-order valence-electron chi connectivity index (χ0n) is 17.3. The molecule has 0 aromatic heterocycles. The number of nitrogens with zero attached hydrogens (tertiary/aromatic N) is 1. The summed E-state index contributed by atoms with van der Waals surface area (Å²) in [7, 11) is 0.